The monoisotopic (exact) mass is 394 g/mol. The van der Waals surface area contributed by atoms with E-state index >= 15 is 0 Å². The van der Waals surface area contributed by atoms with Crippen LogP contribution >= 0.6 is 0 Å². The number of benzene rings is 2. The predicted molar refractivity (Wildman–Crippen MR) is 112 cm³/mol. The van der Waals surface area contributed by atoms with Gasteiger partial charge in [-0.2, -0.15) is 0 Å². The molecule has 1 aromatic heterocycles. The van der Waals surface area contributed by atoms with Gasteiger partial charge in [-0.05, 0) is 57.4 Å². The smallest absolute Gasteiger partial charge is 0.339 e. The summed E-state index contributed by atoms with van der Waals surface area (Å²) >= 11 is 0. The Labute approximate surface area is 170 Å². The van der Waals surface area contributed by atoms with Crippen molar-refractivity contribution in [2.24, 2.45) is 0 Å². The lowest BCUT2D eigenvalue weighted by Gasteiger charge is -2.13. The van der Waals surface area contributed by atoms with Crippen LogP contribution in [-0.4, -0.2) is 12.6 Å². The Morgan fingerprint density at radius 2 is 1.72 bits per heavy atom. The van der Waals surface area contributed by atoms with Crippen LogP contribution in [0.15, 0.2) is 45.6 Å². The summed E-state index contributed by atoms with van der Waals surface area (Å²) in [6.07, 6.45) is 0.454. The fraction of sp³-hybridized carbons (Fsp3) is 0.333. The molecule has 0 radical (unpaired) electrons. The molecule has 0 saturated carbocycles. The fourth-order valence-corrected chi connectivity index (χ4v) is 3.32. The van der Waals surface area contributed by atoms with Gasteiger partial charge in [-0.25, -0.2) is 4.79 Å². The van der Waals surface area contributed by atoms with Gasteiger partial charge in [-0.1, -0.05) is 29.8 Å². The largest absolute Gasteiger partial charge is 0.488 e. The molecule has 0 N–H and O–H groups in total. The van der Waals surface area contributed by atoms with Gasteiger partial charge < -0.3 is 13.9 Å². The second-order valence-corrected chi connectivity index (χ2v) is 7.14. The normalized spacial score (nSPS) is 10.9. The number of fused-ring (bicyclic) bond motifs is 1. The Kier molecular flexibility index (Phi) is 6.37. The van der Waals surface area contributed by atoms with E-state index in [1.165, 1.54) is 5.56 Å². The second-order valence-electron chi connectivity index (χ2n) is 7.14. The molecule has 0 amide bonds. The van der Waals surface area contributed by atoms with Gasteiger partial charge in [0, 0.05) is 22.9 Å². The molecular weight excluding hydrogens is 368 g/mol. The predicted octanol–water partition coefficient (Wildman–Crippen LogP) is 4.79. The molecule has 5 nitrogen and oxygen atoms in total. The van der Waals surface area contributed by atoms with E-state index in [4.69, 9.17) is 13.9 Å². The number of carbonyl (C=O) groups is 1. The molecule has 2 aromatic carbocycles. The van der Waals surface area contributed by atoms with Crippen LogP contribution in [0.5, 0.6) is 5.75 Å². The minimum atomic E-state index is -0.418. The van der Waals surface area contributed by atoms with Crippen molar-refractivity contribution in [3.05, 3.63) is 74.6 Å². The molecule has 0 aliphatic heterocycles. The van der Waals surface area contributed by atoms with Crippen molar-refractivity contribution in [2.75, 3.05) is 6.61 Å². The van der Waals surface area contributed by atoms with E-state index in [0.29, 0.717) is 36.5 Å². The van der Waals surface area contributed by atoms with E-state index in [9.17, 15) is 9.59 Å². The molecule has 0 atom stereocenters. The Hall–Kier alpha value is -3.08. The SMILES string of the molecule is CCOC(=O)CCc1c(C)c2ccc(OCc3ccc(C)cc3)c(C)c2oc1=O. The molecule has 0 bridgehead atoms. The maximum absolute atomic E-state index is 12.5. The number of carbonyl (C=O) groups excluding carboxylic acids is 1. The van der Waals surface area contributed by atoms with Crippen molar-refractivity contribution in [1.29, 1.82) is 0 Å². The molecule has 3 rings (SSSR count). The third-order valence-corrected chi connectivity index (χ3v) is 5.05. The van der Waals surface area contributed by atoms with Gasteiger partial charge in [0.25, 0.3) is 0 Å². The summed E-state index contributed by atoms with van der Waals surface area (Å²) in [6.45, 7) is 8.33. The van der Waals surface area contributed by atoms with Crippen molar-refractivity contribution in [3.63, 3.8) is 0 Å². The second kappa shape index (κ2) is 8.95. The van der Waals surface area contributed by atoms with E-state index in [0.717, 1.165) is 22.1 Å². The van der Waals surface area contributed by atoms with Gasteiger partial charge in [-0.3, -0.25) is 4.79 Å². The van der Waals surface area contributed by atoms with E-state index in [-0.39, 0.29) is 12.4 Å². The number of ether oxygens (including phenoxy) is 2. The molecule has 0 unspecified atom stereocenters. The highest BCUT2D eigenvalue weighted by molar-refractivity contribution is 5.85. The minimum Gasteiger partial charge on any atom is -0.488 e. The van der Waals surface area contributed by atoms with Crippen LogP contribution in [0, 0.1) is 20.8 Å². The number of rotatable bonds is 7. The van der Waals surface area contributed by atoms with Crippen LogP contribution < -0.4 is 10.4 Å². The van der Waals surface area contributed by atoms with E-state index in [1.54, 1.807) is 6.92 Å². The Morgan fingerprint density at radius 1 is 1.00 bits per heavy atom. The number of aryl methyl sites for hydroxylation is 3. The summed E-state index contributed by atoms with van der Waals surface area (Å²) < 4.78 is 16.5. The van der Waals surface area contributed by atoms with Crippen LogP contribution in [0.25, 0.3) is 11.0 Å². The summed E-state index contributed by atoms with van der Waals surface area (Å²) in [6, 6.07) is 12.0. The summed E-state index contributed by atoms with van der Waals surface area (Å²) in [4.78, 5) is 24.2. The van der Waals surface area contributed by atoms with Crippen molar-refractivity contribution < 1.29 is 18.7 Å². The van der Waals surface area contributed by atoms with Gasteiger partial charge >= 0.3 is 11.6 Å². The molecule has 1 heterocycles. The standard InChI is InChI=1S/C24H26O5/c1-5-27-22(25)13-11-20-16(3)19-10-12-21(17(4)23(19)29-24(20)26)28-14-18-8-6-15(2)7-9-18/h6-10,12H,5,11,13-14H2,1-4H3. The van der Waals surface area contributed by atoms with Gasteiger partial charge in [0.2, 0.25) is 0 Å². The highest BCUT2D eigenvalue weighted by Crippen LogP contribution is 2.30. The maximum Gasteiger partial charge on any atom is 0.339 e. The molecule has 3 aromatic rings. The first kappa shape index (κ1) is 20.6. The lowest BCUT2D eigenvalue weighted by molar-refractivity contribution is -0.143. The lowest BCUT2D eigenvalue weighted by atomic mass is 10.0. The van der Waals surface area contributed by atoms with Crippen LogP contribution in [-0.2, 0) is 22.6 Å². The highest BCUT2D eigenvalue weighted by atomic mass is 16.5. The molecule has 0 aliphatic carbocycles. The zero-order valence-electron chi connectivity index (χ0n) is 17.3. The third kappa shape index (κ3) is 4.67. The van der Waals surface area contributed by atoms with Crippen molar-refractivity contribution >= 4 is 16.9 Å². The molecule has 0 saturated heterocycles. The van der Waals surface area contributed by atoms with Crippen LogP contribution in [0.1, 0.15) is 41.2 Å². The Morgan fingerprint density at radius 3 is 2.41 bits per heavy atom. The molecule has 152 valence electrons. The molecule has 0 aliphatic rings. The number of hydrogen-bond donors (Lipinski definition) is 0. The first-order valence-electron chi connectivity index (χ1n) is 9.80. The molecule has 29 heavy (non-hydrogen) atoms. The topological polar surface area (TPSA) is 65.7 Å². The van der Waals surface area contributed by atoms with Gasteiger partial charge in [-0.15, -0.1) is 0 Å². The molecule has 0 fully saturated rings. The first-order valence-corrected chi connectivity index (χ1v) is 9.80. The summed E-state index contributed by atoms with van der Waals surface area (Å²) in [5.74, 6) is 0.363. The summed E-state index contributed by atoms with van der Waals surface area (Å²) in [7, 11) is 0. The lowest BCUT2D eigenvalue weighted by Crippen LogP contribution is -2.14. The van der Waals surface area contributed by atoms with E-state index in [1.807, 2.05) is 57.2 Å². The Balaban J connectivity index is 1.86. The first-order chi connectivity index (χ1) is 13.9. The van der Waals surface area contributed by atoms with Crippen LogP contribution in [0.3, 0.4) is 0 Å². The third-order valence-electron chi connectivity index (χ3n) is 5.05. The number of esters is 1. The number of hydrogen-bond acceptors (Lipinski definition) is 5. The van der Waals surface area contributed by atoms with Gasteiger partial charge in [0.05, 0.1) is 6.61 Å². The van der Waals surface area contributed by atoms with Crippen molar-refractivity contribution in [3.8, 4) is 5.75 Å². The van der Waals surface area contributed by atoms with Crippen LogP contribution in [0.4, 0.5) is 0 Å². The molecule has 0 spiro atoms. The summed E-state index contributed by atoms with van der Waals surface area (Å²) in [5.41, 5.74) is 4.50. The van der Waals surface area contributed by atoms with Crippen molar-refractivity contribution in [1.82, 2.24) is 0 Å². The molecular formula is C24H26O5. The zero-order valence-corrected chi connectivity index (χ0v) is 17.3. The summed E-state index contributed by atoms with van der Waals surface area (Å²) in [5, 5.41) is 0.851. The average Bonchev–Trinajstić information content (AvgIpc) is 2.69. The molecule has 5 heteroatoms. The fourth-order valence-electron chi connectivity index (χ4n) is 3.32. The van der Waals surface area contributed by atoms with Gasteiger partial charge in [0.1, 0.15) is 17.9 Å². The van der Waals surface area contributed by atoms with E-state index in [2.05, 4.69) is 0 Å². The quantitative estimate of drug-likeness (QED) is 0.426. The Bertz CT molecular complexity index is 1080. The van der Waals surface area contributed by atoms with Crippen LogP contribution in [0.2, 0.25) is 0 Å². The van der Waals surface area contributed by atoms with Crippen molar-refractivity contribution in [2.45, 2.75) is 47.1 Å². The van der Waals surface area contributed by atoms with E-state index < -0.39 is 5.63 Å². The average molecular weight is 394 g/mol. The maximum atomic E-state index is 12.5. The zero-order chi connectivity index (χ0) is 21.0. The van der Waals surface area contributed by atoms with Gasteiger partial charge in [0.15, 0.2) is 0 Å². The minimum absolute atomic E-state index is 0.154. The highest BCUT2D eigenvalue weighted by Gasteiger charge is 2.16.